The number of piperidine rings is 2. The summed E-state index contributed by atoms with van der Waals surface area (Å²) >= 11 is 0. The maximum atomic E-state index is 12.5. The number of aliphatic hydroxyl groups excluding tert-OH is 1. The Morgan fingerprint density at radius 3 is 0.824 bits per heavy atom. The van der Waals surface area contributed by atoms with Crippen molar-refractivity contribution in [1.29, 1.82) is 0 Å². The number of nitrogens with one attached hydrogen (secondary N) is 5. The number of carbonyl (C=O) groups is 4. The molecule has 4 fully saturated rings. The number of nitrogens with zero attached hydrogens (tertiary/aromatic N) is 7. The largest absolute Gasteiger partial charge is 0.392 e. The molecule has 0 saturated carbocycles. The first-order valence-corrected chi connectivity index (χ1v) is 42.4. The minimum absolute atomic E-state index is 0. The van der Waals surface area contributed by atoms with E-state index in [2.05, 4.69) is 482 Å². The Kier molecular flexibility index (Phi) is 56.3. The molecule has 668 valence electrons. The lowest BCUT2D eigenvalue weighted by molar-refractivity contribution is -0.118. The fraction of sp³-hybridized carbons (Fsp3) is 0.208. The topological polar surface area (TPSA) is 191 Å². The van der Waals surface area contributed by atoms with Crippen molar-refractivity contribution in [2.24, 2.45) is 0 Å². The van der Waals surface area contributed by atoms with Gasteiger partial charge in [-0.2, -0.15) is 0 Å². The summed E-state index contributed by atoms with van der Waals surface area (Å²) in [5.41, 5.74) is 184. The maximum Gasteiger partial charge on any atom is 0.251 e. The van der Waals surface area contributed by atoms with E-state index in [1.807, 2.05) is 68.6 Å². The van der Waals surface area contributed by atoms with Gasteiger partial charge in [0, 0.05) is 424 Å². The standard InChI is InChI=1S/C73H4.C25H32N6O2.C13H19N3O.C12H15N3O2.2CH4/c1-3-5-7-9-11-13-15-17-19-21-23-25-27-29-31-33-35-37-39-41-43-45-47-49-51-53-55-57-59-61-63-65-67-69-71-73-72-70-68-66-64-62-60-58-56-54-52-50-48-46-44-42-40-38-36-34-32-30-28-26-24-22-20-18-16-14-12-10-8-6-4-2;1-2-26-24(32)19-6-8-20(9-7-19)30-13-11-29(12-14-30)17-18-15-21-23(27-16-18)31-10-4-3-5-22(31)25(33)28-21;1-2-15-13(17)11-3-5-12(6-4-11)16-9-7-14-8-10-16;16-7-8-5-9-11(13-6-8)15-4-2-1-3-10(15)12(17)14-9;;/h1-2H2;6-9,15-16,22H,2-5,10-14,17H2,1H3,(H,26,32)(H,28,33);3-6,14H,2,7-10H2,1H3,(H,15,17);5-6,10,16H,1-4,7H2,(H,14,17);2*1H4/t;22-;;10-;;/m.0.1../s1. The number of carbonyl (C=O) groups excluding carboxylic acids is 4. The minimum Gasteiger partial charge on any atom is -0.392 e. The van der Waals surface area contributed by atoms with Gasteiger partial charge in [0.25, 0.3) is 11.8 Å². The molecule has 2 atom stereocenters. The van der Waals surface area contributed by atoms with E-state index in [0.717, 1.165) is 156 Å². The van der Waals surface area contributed by atoms with Crippen molar-refractivity contribution >= 4 is 58.0 Å². The lowest BCUT2D eigenvalue weighted by Gasteiger charge is -2.40. The molecule has 0 bridgehead atoms. The Labute approximate surface area is 824 Å². The molecule has 4 saturated heterocycles. The number of hydrogen-bond acceptors (Lipinski definition) is 13. The number of amides is 4. The normalized spacial score (nSPS) is 11.4. The minimum atomic E-state index is -0.0660. The highest BCUT2D eigenvalue weighted by Gasteiger charge is 2.37. The van der Waals surface area contributed by atoms with E-state index in [9.17, 15) is 19.2 Å². The van der Waals surface area contributed by atoms with Crippen molar-refractivity contribution in [2.75, 3.05) is 109 Å². The predicted molar refractivity (Wildman–Crippen MR) is 537 cm³/mol. The number of pyridine rings is 2. The van der Waals surface area contributed by atoms with Crippen LogP contribution in [0.3, 0.4) is 0 Å². The quantitative estimate of drug-likeness (QED) is 0.0869. The first kappa shape index (κ1) is 110. The van der Waals surface area contributed by atoms with Crippen LogP contribution in [0.4, 0.5) is 34.4 Å². The molecule has 6 N–H and O–H groups in total. The number of fused-ring (bicyclic) bond motifs is 6. The summed E-state index contributed by atoms with van der Waals surface area (Å²) in [6.07, 6.45) is 9.86. The van der Waals surface area contributed by atoms with E-state index in [-0.39, 0.29) is 57.2 Å². The average molecular weight is 1830 g/mol. The van der Waals surface area contributed by atoms with Crippen molar-refractivity contribution in [1.82, 2.24) is 30.8 Å². The third-order valence-electron chi connectivity index (χ3n) is 17.7. The molecule has 2 aromatic carbocycles. The summed E-state index contributed by atoms with van der Waals surface area (Å²) in [6.45, 7) is 22.2. The first-order valence-electron chi connectivity index (χ1n) is 42.4. The Morgan fingerprint density at radius 1 is 0.338 bits per heavy atom. The van der Waals surface area contributed by atoms with Crippen molar-refractivity contribution in [3.05, 3.63) is 515 Å². The van der Waals surface area contributed by atoms with Crippen molar-refractivity contribution < 1.29 is 24.3 Å². The molecular weight excluding hydrogens is 1750 g/mol. The smallest absolute Gasteiger partial charge is 0.251 e. The van der Waals surface area contributed by atoms with E-state index in [1.54, 1.807) is 12.3 Å². The van der Waals surface area contributed by atoms with Gasteiger partial charge in [0.15, 0.2) is 11.6 Å². The second-order valence-corrected chi connectivity index (χ2v) is 26.8. The van der Waals surface area contributed by atoms with E-state index in [1.165, 1.54) is 5.69 Å². The van der Waals surface area contributed by atoms with E-state index >= 15 is 0 Å². The molecule has 142 heavy (non-hydrogen) atoms. The number of rotatable bonds is 9. The van der Waals surface area contributed by atoms with Crippen LogP contribution in [-0.2, 0) is 22.7 Å². The average Bonchev–Trinajstić information content (AvgIpc) is 0.770. The first-order chi connectivity index (χ1) is 69.1. The van der Waals surface area contributed by atoms with Crippen LogP contribution < -0.4 is 46.2 Å². The van der Waals surface area contributed by atoms with E-state index in [4.69, 9.17) is 10.1 Å². The Morgan fingerprint density at radius 2 is 0.577 bits per heavy atom. The van der Waals surface area contributed by atoms with Gasteiger partial charge in [-0.15, -0.1) is 0 Å². The number of aliphatic hydroxyl groups is 1. The predicted octanol–water partition coefficient (Wildman–Crippen LogP) is 17.3. The van der Waals surface area contributed by atoms with Gasteiger partial charge in [0.05, 0.1) is 18.0 Å². The highest BCUT2D eigenvalue weighted by molar-refractivity contribution is 6.04. The van der Waals surface area contributed by atoms with Gasteiger partial charge in [-0.1, -0.05) is 26.3 Å². The fourth-order valence-electron chi connectivity index (χ4n) is 11.9. The number of benzene rings is 2. The molecule has 0 spiro atoms. The van der Waals surface area contributed by atoms with Gasteiger partial charge in [0.1, 0.15) is 12.1 Å². The van der Waals surface area contributed by atoms with E-state index < -0.39 is 0 Å². The molecule has 0 unspecified atom stereocenters. The summed E-state index contributed by atoms with van der Waals surface area (Å²) in [5, 5.41) is 24.0. The van der Waals surface area contributed by atoms with Crippen molar-refractivity contribution in [3.8, 4) is 0 Å². The van der Waals surface area contributed by atoms with Crippen LogP contribution in [0, 0.1) is 0 Å². The number of anilines is 6. The van der Waals surface area contributed by atoms with Crippen LogP contribution in [0.1, 0.15) is 99.1 Å². The van der Waals surface area contributed by atoms with E-state index in [0.29, 0.717) is 18.7 Å². The number of hydrogen-bond donors (Lipinski definition) is 6. The lowest BCUT2D eigenvalue weighted by atomic mass is 9.99. The molecule has 6 aliphatic rings. The Balaban J connectivity index is 0.000000409. The van der Waals surface area contributed by atoms with Crippen molar-refractivity contribution in [2.45, 2.75) is 92.5 Å². The zero-order chi connectivity index (χ0) is 98.9. The summed E-state index contributed by atoms with van der Waals surface area (Å²) in [4.78, 5) is 68.5. The molecule has 4 aromatic rings. The maximum absolute atomic E-state index is 12.5. The molecule has 2 aromatic heterocycles. The molecule has 17 heteroatoms. The van der Waals surface area contributed by atoms with Gasteiger partial charge in [-0.3, -0.25) is 24.1 Å². The Hall–Kier alpha value is -22.2. The lowest BCUT2D eigenvalue weighted by Crippen LogP contribution is -2.51. The monoisotopic (exact) mass is 1830 g/mol. The highest BCUT2D eigenvalue weighted by Crippen LogP contribution is 2.36. The summed E-state index contributed by atoms with van der Waals surface area (Å²) in [7, 11) is 0. The molecule has 0 aliphatic carbocycles. The van der Waals surface area contributed by atoms with Gasteiger partial charge < -0.3 is 51.3 Å². The number of piperazine rings is 2. The second kappa shape index (κ2) is 72.5. The van der Waals surface area contributed by atoms with Crippen LogP contribution >= 0.6 is 0 Å². The third kappa shape index (κ3) is 46.6. The molecule has 4 amide bonds. The van der Waals surface area contributed by atoms with Crippen LogP contribution in [0.15, 0.2) is 493 Å². The summed E-state index contributed by atoms with van der Waals surface area (Å²) in [6, 6.07) is 19.4. The zero-order valence-corrected chi connectivity index (χ0v) is 75.8. The zero-order valence-electron chi connectivity index (χ0n) is 75.8. The fourth-order valence-corrected chi connectivity index (χ4v) is 11.9. The van der Waals surface area contributed by atoms with Gasteiger partial charge in [0.2, 0.25) is 11.8 Å². The molecule has 10 rings (SSSR count). The molecular formula is C125H78N12O5. The van der Waals surface area contributed by atoms with Crippen LogP contribution in [-0.4, -0.2) is 134 Å². The highest BCUT2D eigenvalue weighted by atomic mass is 16.3. The molecule has 6 aliphatic heterocycles. The summed E-state index contributed by atoms with van der Waals surface area (Å²) < 4.78 is 0. The van der Waals surface area contributed by atoms with Gasteiger partial charge in [-0.05, 0) is 229 Å². The van der Waals surface area contributed by atoms with Gasteiger partial charge in [-0.25, -0.2) is 9.97 Å². The molecule has 17 nitrogen and oxygen atoms in total. The molecule has 8 heterocycles. The molecule has 0 radical (unpaired) electrons. The van der Waals surface area contributed by atoms with Crippen LogP contribution in [0.2, 0.25) is 0 Å². The number of aromatic nitrogens is 2. The third-order valence-corrected chi connectivity index (χ3v) is 17.7. The van der Waals surface area contributed by atoms with Crippen molar-refractivity contribution in [3.63, 3.8) is 0 Å². The SMILES string of the molecule is C.C.C=C=C=C=C=C=C=C=C=C=C=C=C=C=C=C=C=C=C=C=C=C=C=C=C=C=C=C=C=C=C=C=C=C=C=C=C=C=C=C=C=C=C=C=C=C=C=C=C=C=C=C=C=C=C=C=C=C=C=C=C=C=C=C=C=C=C=C=C=C=C=C=C.CCNC(=O)c1ccc(N2CCN(Cc3cnc4c(c3)NC(=O)[C@@H]3CCCCN43)CC2)cc1.CCNC(=O)c1ccc(N2CCNCC2)cc1.O=C1Nc2cc(CO)cnc2N2CCCC[C@H]12. The second-order valence-electron chi connectivity index (χ2n) is 26.8. The van der Waals surface area contributed by atoms with Crippen LogP contribution in [0.5, 0.6) is 0 Å². The Bertz CT molecular complexity index is 8400. The summed E-state index contributed by atoms with van der Waals surface area (Å²) in [5.74, 6) is 1.89. The van der Waals surface area contributed by atoms with Gasteiger partial charge >= 0.3 is 0 Å². The van der Waals surface area contributed by atoms with Crippen LogP contribution in [0.25, 0.3) is 0 Å².